The van der Waals surface area contributed by atoms with Crippen LogP contribution in [0.4, 0.5) is 5.69 Å². The number of rotatable bonds is 24. The van der Waals surface area contributed by atoms with E-state index in [0.29, 0.717) is 73.0 Å². The van der Waals surface area contributed by atoms with Crippen LogP contribution in [0.25, 0.3) is 21.5 Å². The zero-order valence-corrected chi connectivity index (χ0v) is 49.6. The van der Waals surface area contributed by atoms with Gasteiger partial charge in [0.15, 0.2) is 5.75 Å². The Kier molecular flexibility index (Phi) is 19.3. The smallest absolute Gasteiger partial charge is 0.328 e. The molecule has 0 aliphatic carbocycles. The molecule has 5 aromatic carbocycles. The number of nitrogens with one attached hydrogen (secondary N) is 4. The number of benzene rings is 5. The Labute approximate surface area is 483 Å². The molecule has 1 unspecified atom stereocenters. The van der Waals surface area contributed by atoms with E-state index in [1.165, 1.54) is 39.5 Å². The molecular weight excluding hydrogens is 1080 g/mol. The van der Waals surface area contributed by atoms with Gasteiger partial charge in [-0.15, -0.1) is 11.3 Å². The van der Waals surface area contributed by atoms with Crippen molar-refractivity contribution < 1.29 is 41.8 Å². The number of carbonyl (C=O) groups is 4. The maximum Gasteiger partial charge on any atom is 0.328 e. The van der Waals surface area contributed by atoms with Crippen LogP contribution >= 0.6 is 11.3 Å². The molecule has 3 heterocycles. The first-order valence-electron chi connectivity index (χ1n) is 27.4. The number of imidazole rings is 1. The molecule has 1 aliphatic heterocycles. The lowest BCUT2D eigenvalue weighted by molar-refractivity contribution is -0.141. The van der Waals surface area contributed by atoms with E-state index in [-0.39, 0.29) is 51.5 Å². The summed E-state index contributed by atoms with van der Waals surface area (Å²) < 4.78 is 52.6. The first-order chi connectivity index (χ1) is 39.1. The molecule has 7 aromatic rings. The fourth-order valence-electron chi connectivity index (χ4n) is 9.59. The van der Waals surface area contributed by atoms with Gasteiger partial charge in [0.05, 0.1) is 50.9 Å². The van der Waals surface area contributed by atoms with E-state index >= 15 is 0 Å². The van der Waals surface area contributed by atoms with Gasteiger partial charge in [-0.05, 0) is 118 Å². The molecule has 21 heteroatoms. The third-order valence-electron chi connectivity index (χ3n) is 14.2. The van der Waals surface area contributed by atoms with Gasteiger partial charge in [-0.1, -0.05) is 70.2 Å². The van der Waals surface area contributed by atoms with Crippen molar-refractivity contribution in [1.29, 1.82) is 0 Å². The van der Waals surface area contributed by atoms with Gasteiger partial charge < -0.3 is 40.0 Å². The highest BCUT2D eigenvalue weighted by molar-refractivity contribution is 7.92. The highest BCUT2D eigenvalue weighted by atomic mass is 32.2. The Morgan fingerprint density at radius 1 is 0.793 bits per heavy atom. The molecule has 0 bridgehead atoms. The van der Waals surface area contributed by atoms with Gasteiger partial charge in [0.1, 0.15) is 29.3 Å². The number of aryl methyl sites for hydroxylation is 3. The third kappa shape index (κ3) is 14.7. The van der Waals surface area contributed by atoms with E-state index in [2.05, 4.69) is 30.6 Å². The second kappa shape index (κ2) is 26.3. The number of fused-ring (bicyclic) bond motifs is 1. The van der Waals surface area contributed by atoms with E-state index in [9.17, 15) is 32.4 Å². The predicted molar refractivity (Wildman–Crippen MR) is 318 cm³/mol. The summed E-state index contributed by atoms with van der Waals surface area (Å²) in [6.45, 7) is 12.1. The van der Waals surface area contributed by atoms with Crippen LogP contribution in [0, 0.1) is 12.3 Å². The molecule has 1 aliphatic rings. The minimum atomic E-state index is -4.39. The SMILES string of the molecule is CCCOc1cc(OCCCCN(C)C)cc(Oc2cc3c(cc2NS(=O)(=O)c2cccc(C(=O)NCc4ccc(C(=O)NC(C(=O)N5CCC[C@H]5C(=O)NCc5ccc(-c6scnc6C)cc5)C(C)(C)C)cc4)c2)n(C)c(=O)n3C)c1. The summed E-state index contributed by atoms with van der Waals surface area (Å²) in [6.07, 6.45) is 3.68. The number of likely N-dealkylation sites (tertiary alicyclic amines) is 1. The van der Waals surface area contributed by atoms with E-state index in [0.717, 1.165) is 47.5 Å². The minimum Gasteiger partial charge on any atom is -0.493 e. The second-order valence-corrected chi connectivity index (χ2v) is 24.4. The van der Waals surface area contributed by atoms with Crippen LogP contribution in [0.15, 0.2) is 118 Å². The summed E-state index contributed by atoms with van der Waals surface area (Å²) in [4.78, 5) is 77.3. The van der Waals surface area contributed by atoms with E-state index in [4.69, 9.17) is 14.2 Å². The summed E-state index contributed by atoms with van der Waals surface area (Å²) >= 11 is 1.58. The van der Waals surface area contributed by atoms with Gasteiger partial charge in [0, 0.05) is 69.1 Å². The fraction of sp³-hybridized carbons (Fsp3) is 0.377. The average molecular weight is 1160 g/mol. The largest absolute Gasteiger partial charge is 0.493 e. The topological polar surface area (TPSA) is 225 Å². The normalized spacial score (nSPS) is 13.9. The highest BCUT2D eigenvalue weighted by Gasteiger charge is 2.42. The van der Waals surface area contributed by atoms with Crippen LogP contribution in [-0.4, -0.2) is 108 Å². The molecule has 0 radical (unpaired) electrons. The van der Waals surface area contributed by atoms with Crippen molar-refractivity contribution in [1.82, 2.24) is 39.9 Å². The van der Waals surface area contributed by atoms with Crippen molar-refractivity contribution in [3.8, 4) is 33.4 Å². The van der Waals surface area contributed by atoms with Gasteiger partial charge in [0.25, 0.3) is 21.8 Å². The summed E-state index contributed by atoms with van der Waals surface area (Å²) in [5, 5.41) is 8.78. The predicted octanol–water partition coefficient (Wildman–Crippen LogP) is 8.79. The van der Waals surface area contributed by atoms with Crippen LogP contribution < -0.4 is 40.6 Å². The maximum atomic E-state index is 14.3. The minimum absolute atomic E-state index is 0.0319. The van der Waals surface area contributed by atoms with Crippen molar-refractivity contribution in [3.05, 3.63) is 147 Å². The zero-order chi connectivity index (χ0) is 58.9. The zero-order valence-electron chi connectivity index (χ0n) is 48.0. The van der Waals surface area contributed by atoms with Crippen LogP contribution in [0.5, 0.6) is 23.0 Å². The standard InChI is InChI=1S/C61H73N9O10S2/c1-10-28-78-45-31-46(79-29-12-11-26-67(6)7)33-47(32-45)80-53-35-52-51(68(8)60(75)69(52)9)34-49(53)66-82(76,77)48-16-13-15-44(30-48)56(71)62-36-41-20-24-43(25-21-41)57(72)65-55(61(3,4)5)59(74)70-27-14-17-50(70)58(73)63-37-40-18-22-42(23-19-40)54-39(2)64-38-81-54/h13,15-16,18-25,30-35,38,50,55,66H,10-12,14,17,26-29,36-37H2,1-9H3,(H,62,71)(H,63,73)(H,65,72)/t50-,55?/m0/s1. The molecule has 0 saturated carbocycles. The number of nitrogens with zero attached hydrogens (tertiary/aromatic N) is 5. The monoisotopic (exact) mass is 1160 g/mol. The fourth-order valence-corrected chi connectivity index (χ4v) is 11.5. The number of carbonyl (C=O) groups excluding carboxylic acids is 4. The van der Waals surface area contributed by atoms with Gasteiger partial charge in [-0.25, -0.2) is 18.2 Å². The summed E-state index contributed by atoms with van der Waals surface area (Å²) in [6, 6.07) is 26.7. The first-order valence-corrected chi connectivity index (χ1v) is 29.8. The number of amides is 4. The lowest BCUT2D eigenvalue weighted by atomic mass is 9.85. The van der Waals surface area contributed by atoms with Gasteiger partial charge in [0.2, 0.25) is 11.8 Å². The first kappa shape index (κ1) is 60.1. The van der Waals surface area contributed by atoms with Crippen LogP contribution in [0.1, 0.15) is 97.3 Å². The molecule has 19 nitrogen and oxygen atoms in total. The number of unbranched alkanes of at least 4 members (excludes halogenated alkanes) is 1. The van der Waals surface area contributed by atoms with Crippen molar-refractivity contribution in [2.24, 2.45) is 19.5 Å². The Morgan fingerprint density at radius 3 is 2.09 bits per heavy atom. The Hall–Kier alpha value is -8.01. The van der Waals surface area contributed by atoms with E-state index in [1.54, 1.807) is 78.9 Å². The molecule has 2 atom stereocenters. The van der Waals surface area contributed by atoms with Gasteiger partial charge >= 0.3 is 5.69 Å². The van der Waals surface area contributed by atoms with Gasteiger partial charge in [-0.3, -0.25) is 33.0 Å². The van der Waals surface area contributed by atoms with Crippen LogP contribution in [-0.2, 0) is 46.8 Å². The Balaban J connectivity index is 0.901. The number of hydrogen-bond acceptors (Lipinski definition) is 13. The second-order valence-electron chi connectivity index (χ2n) is 21.8. The number of thiazole rings is 1. The molecule has 1 saturated heterocycles. The molecule has 4 N–H and O–H groups in total. The number of sulfonamides is 1. The average Bonchev–Trinajstić information content (AvgIpc) is 4.32. The number of ether oxygens (including phenoxy) is 3. The lowest BCUT2D eigenvalue weighted by Crippen LogP contribution is -2.57. The van der Waals surface area contributed by atoms with Crippen LogP contribution in [0.2, 0.25) is 0 Å². The maximum absolute atomic E-state index is 14.3. The molecule has 4 amide bonds. The van der Waals surface area contributed by atoms with Crippen molar-refractivity contribution in [3.63, 3.8) is 0 Å². The summed E-state index contributed by atoms with van der Waals surface area (Å²) in [5.74, 6) is -0.219. The molecule has 2 aromatic heterocycles. The molecular formula is C61H73N9O10S2. The molecule has 82 heavy (non-hydrogen) atoms. The number of aromatic nitrogens is 3. The van der Waals surface area contributed by atoms with Crippen LogP contribution in [0.3, 0.4) is 0 Å². The summed E-state index contributed by atoms with van der Waals surface area (Å²) in [7, 11) is 2.84. The van der Waals surface area contributed by atoms with Crippen molar-refractivity contribution >= 4 is 61.7 Å². The summed E-state index contributed by atoms with van der Waals surface area (Å²) in [5.41, 5.74) is 5.69. The number of anilines is 1. The Morgan fingerprint density at radius 2 is 1.44 bits per heavy atom. The van der Waals surface area contributed by atoms with Gasteiger partial charge in [-0.2, -0.15) is 0 Å². The Bertz CT molecular complexity index is 3610. The lowest BCUT2D eigenvalue weighted by Gasteiger charge is -2.35. The third-order valence-corrected chi connectivity index (χ3v) is 16.5. The highest BCUT2D eigenvalue weighted by Crippen LogP contribution is 2.38. The van der Waals surface area contributed by atoms with Crippen molar-refractivity contribution in [2.75, 3.05) is 45.1 Å². The molecule has 8 rings (SSSR count). The number of hydrogen-bond donors (Lipinski definition) is 4. The quantitative estimate of drug-likeness (QED) is 0.0417. The molecule has 434 valence electrons. The molecule has 1 fully saturated rings. The van der Waals surface area contributed by atoms with E-state index < -0.39 is 39.3 Å². The van der Waals surface area contributed by atoms with Crippen molar-refractivity contribution in [2.45, 2.75) is 96.8 Å². The van der Waals surface area contributed by atoms with E-state index in [1.807, 2.05) is 78.5 Å². The molecule has 0 spiro atoms.